The van der Waals surface area contributed by atoms with Crippen molar-refractivity contribution in [3.63, 3.8) is 0 Å². The van der Waals surface area contributed by atoms with Gasteiger partial charge in [0.05, 0.1) is 23.9 Å². The lowest BCUT2D eigenvalue weighted by Crippen LogP contribution is -2.18. The van der Waals surface area contributed by atoms with Gasteiger partial charge in [0.25, 0.3) is 5.92 Å². The van der Waals surface area contributed by atoms with E-state index in [0.717, 1.165) is 33.8 Å². The predicted molar refractivity (Wildman–Crippen MR) is 113 cm³/mol. The molecule has 2 aromatic carbocycles. The number of rotatable bonds is 6. The molecule has 1 heterocycles. The first-order valence-electron chi connectivity index (χ1n) is 9.31. The summed E-state index contributed by atoms with van der Waals surface area (Å²) in [5.41, 5.74) is 2.80. The average molecular weight is 448 g/mol. The largest absolute Gasteiger partial charge is 0.326 e. The number of sulfonamides is 1. The van der Waals surface area contributed by atoms with Crippen LogP contribution in [0, 0.1) is 13.8 Å². The van der Waals surface area contributed by atoms with E-state index in [-0.39, 0.29) is 34.2 Å². The van der Waals surface area contributed by atoms with Gasteiger partial charge in [0.1, 0.15) is 4.90 Å². The number of alkyl halides is 2. The molecule has 0 fully saturated rings. The number of aromatic nitrogens is 2. The fourth-order valence-electron chi connectivity index (χ4n) is 2.99. The standard InChI is InChI=1S/C21H22F2N4O3S/c1-13-4-5-15(8-14(13)2)9-20(28)26-17-6-7-18(19(10-17)31(24,29)30)27-12-16(11-25-27)21(3,22)23/h4-8,10-12H,9H2,1-3H3,(H,26,28)(H2,24,29,30). The predicted octanol–water partition coefficient (Wildman–Crippen LogP) is 3.43. The number of nitrogens with two attached hydrogens (primary N) is 1. The summed E-state index contributed by atoms with van der Waals surface area (Å²) in [7, 11) is -4.24. The Balaban J connectivity index is 1.88. The van der Waals surface area contributed by atoms with Crippen LogP contribution in [0.25, 0.3) is 5.69 Å². The molecule has 3 N–H and O–H groups in total. The van der Waals surface area contributed by atoms with E-state index in [9.17, 15) is 22.0 Å². The quantitative estimate of drug-likeness (QED) is 0.602. The second-order valence-corrected chi connectivity index (χ2v) is 8.96. The number of primary sulfonamides is 1. The summed E-state index contributed by atoms with van der Waals surface area (Å²) in [6, 6.07) is 9.65. The number of anilines is 1. The molecule has 0 spiro atoms. The number of carbonyl (C=O) groups excluding carboxylic acids is 1. The highest BCUT2D eigenvalue weighted by molar-refractivity contribution is 7.89. The molecule has 0 radical (unpaired) electrons. The Hall–Kier alpha value is -3.11. The van der Waals surface area contributed by atoms with Crippen molar-refractivity contribution in [2.24, 2.45) is 5.14 Å². The van der Waals surface area contributed by atoms with Crippen LogP contribution in [0.3, 0.4) is 0 Å². The van der Waals surface area contributed by atoms with Crippen molar-refractivity contribution in [1.29, 1.82) is 0 Å². The highest BCUT2D eigenvalue weighted by Crippen LogP contribution is 2.29. The molecule has 0 bridgehead atoms. The molecule has 31 heavy (non-hydrogen) atoms. The molecular weight excluding hydrogens is 426 g/mol. The molecule has 0 aliphatic rings. The van der Waals surface area contributed by atoms with Crippen molar-refractivity contribution in [3.05, 3.63) is 71.0 Å². The van der Waals surface area contributed by atoms with Crippen LogP contribution in [0.2, 0.25) is 0 Å². The van der Waals surface area contributed by atoms with Crippen LogP contribution in [-0.2, 0) is 27.2 Å². The highest BCUT2D eigenvalue weighted by atomic mass is 32.2. The Kier molecular flexibility index (Phi) is 5.97. The minimum Gasteiger partial charge on any atom is -0.326 e. The lowest BCUT2D eigenvalue weighted by atomic mass is 10.0. The van der Waals surface area contributed by atoms with Crippen LogP contribution < -0.4 is 10.5 Å². The SMILES string of the molecule is Cc1ccc(CC(=O)Nc2ccc(-n3cc(C(C)(F)F)cn3)c(S(N)(=O)=O)c2)cc1C. The Morgan fingerprint density at radius 2 is 1.87 bits per heavy atom. The lowest BCUT2D eigenvalue weighted by Gasteiger charge is -2.12. The third kappa shape index (κ3) is 5.33. The van der Waals surface area contributed by atoms with Crippen molar-refractivity contribution >= 4 is 21.6 Å². The molecule has 3 rings (SSSR count). The van der Waals surface area contributed by atoms with Gasteiger partial charge in [-0.25, -0.2) is 27.0 Å². The Labute approximate surface area is 178 Å². The summed E-state index contributed by atoms with van der Waals surface area (Å²) in [5, 5.41) is 11.8. The minimum atomic E-state index is -4.24. The van der Waals surface area contributed by atoms with E-state index in [2.05, 4.69) is 10.4 Å². The first-order valence-corrected chi connectivity index (χ1v) is 10.9. The van der Waals surface area contributed by atoms with E-state index >= 15 is 0 Å². The van der Waals surface area contributed by atoms with E-state index in [0.29, 0.717) is 6.92 Å². The number of hydrogen-bond acceptors (Lipinski definition) is 4. The van der Waals surface area contributed by atoms with Gasteiger partial charge < -0.3 is 5.32 Å². The summed E-state index contributed by atoms with van der Waals surface area (Å²) in [4.78, 5) is 12.1. The van der Waals surface area contributed by atoms with Crippen molar-refractivity contribution in [2.45, 2.75) is 38.0 Å². The normalized spacial score (nSPS) is 12.1. The average Bonchev–Trinajstić information content (AvgIpc) is 3.14. The van der Waals surface area contributed by atoms with Gasteiger partial charge in [-0.1, -0.05) is 18.2 Å². The number of aryl methyl sites for hydroxylation is 2. The Morgan fingerprint density at radius 3 is 2.45 bits per heavy atom. The third-order valence-electron chi connectivity index (χ3n) is 4.82. The molecule has 0 saturated carbocycles. The molecule has 0 aliphatic heterocycles. The number of carbonyl (C=O) groups is 1. The summed E-state index contributed by atoms with van der Waals surface area (Å²) in [6.45, 7) is 4.63. The maximum absolute atomic E-state index is 13.5. The second kappa shape index (κ2) is 8.20. The molecule has 7 nitrogen and oxygen atoms in total. The number of nitrogens with zero attached hydrogens (tertiary/aromatic N) is 2. The van der Waals surface area contributed by atoms with Gasteiger partial charge in [-0.3, -0.25) is 4.79 Å². The minimum absolute atomic E-state index is 0.00911. The van der Waals surface area contributed by atoms with Crippen molar-refractivity contribution in [1.82, 2.24) is 9.78 Å². The number of amides is 1. The molecule has 0 atom stereocenters. The zero-order valence-corrected chi connectivity index (χ0v) is 18.0. The first kappa shape index (κ1) is 22.6. The fourth-order valence-corrected chi connectivity index (χ4v) is 3.74. The van der Waals surface area contributed by atoms with Crippen LogP contribution >= 0.6 is 0 Å². The van der Waals surface area contributed by atoms with E-state index in [4.69, 9.17) is 5.14 Å². The summed E-state index contributed by atoms with van der Waals surface area (Å²) < 4.78 is 52.2. The lowest BCUT2D eigenvalue weighted by molar-refractivity contribution is -0.115. The summed E-state index contributed by atoms with van der Waals surface area (Å²) >= 11 is 0. The molecule has 1 aromatic heterocycles. The van der Waals surface area contributed by atoms with Crippen LogP contribution in [0.5, 0.6) is 0 Å². The summed E-state index contributed by atoms with van der Waals surface area (Å²) in [6.07, 6.45) is 2.08. The molecular formula is C21H22F2N4O3S. The zero-order valence-electron chi connectivity index (χ0n) is 17.2. The van der Waals surface area contributed by atoms with E-state index in [1.165, 1.54) is 18.2 Å². The monoisotopic (exact) mass is 448 g/mol. The van der Waals surface area contributed by atoms with Crippen LogP contribution in [0.15, 0.2) is 53.7 Å². The van der Waals surface area contributed by atoms with E-state index < -0.39 is 15.9 Å². The van der Waals surface area contributed by atoms with Crippen LogP contribution in [0.1, 0.15) is 29.2 Å². The van der Waals surface area contributed by atoms with Gasteiger partial charge in [-0.2, -0.15) is 5.10 Å². The molecule has 3 aromatic rings. The molecule has 0 unspecified atom stereocenters. The second-order valence-electron chi connectivity index (χ2n) is 7.43. The van der Waals surface area contributed by atoms with Gasteiger partial charge in [-0.05, 0) is 48.7 Å². The van der Waals surface area contributed by atoms with Crippen LogP contribution in [0.4, 0.5) is 14.5 Å². The fraction of sp³-hybridized carbons (Fsp3) is 0.238. The maximum Gasteiger partial charge on any atom is 0.273 e. The molecule has 0 aliphatic carbocycles. The molecule has 164 valence electrons. The Morgan fingerprint density at radius 1 is 1.16 bits per heavy atom. The van der Waals surface area contributed by atoms with Gasteiger partial charge in [0.2, 0.25) is 15.9 Å². The number of benzene rings is 2. The maximum atomic E-state index is 13.5. The van der Waals surface area contributed by atoms with Gasteiger partial charge >= 0.3 is 0 Å². The van der Waals surface area contributed by atoms with Gasteiger partial charge in [-0.15, -0.1) is 0 Å². The topological polar surface area (TPSA) is 107 Å². The van der Waals surface area contributed by atoms with E-state index in [1.807, 2.05) is 32.0 Å². The first-order chi connectivity index (χ1) is 14.3. The van der Waals surface area contributed by atoms with Crippen molar-refractivity contribution in [2.75, 3.05) is 5.32 Å². The van der Waals surface area contributed by atoms with E-state index in [1.54, 1.807) is 0 Å². The number of nitrogens with one attached hydrogen (secondary N) is 1. The highest BCUT2D eigenvalue weighted by Gasteiger charge is 2.27. The number of halogens is 2. The molecule has 1 amide bonds. The molecule has 0 saturated heterocycles. The smallest absolute Gasteiger partial charge is 0.273 e. The van der Waals surface area contributed by atoms with Crippen molar-refractivity contribution < 1.29 is 22.0 Å². The summed E-state index contributed by atoms with van der Waals surface area (Å²) in [5.74, 6) is -3.48. The van der Waals surface area contributed by atoms with Gasteiger partial charge in [0.15, 0.2) is 0 Å². The molecule has 10 heteroatoms. The Bertz CT molecular complexity index is 1250. The van der Waals surface area contributed by atoms with Crippen LogP contribution in [-0.4, -0.2) is 24.1 Å². The zero-order chi connectivity index (χ0) is 23.0. The van der Waals surface area contributed by atoms with Gasteiger partial charge in [0, 0.05) is 18.8 Å². The van der Waals surface area contributed by atoms with Crippen molar-refractivity contribution in [3.8, 4) is 5.69 Å². The third-order valence-corrected chi connectivity index (χ3v) is 5.76. The number of hydrogen-bond donors (Lipinski definition) is 2.